The van der Waals surface area contributed by atoms with E-state index in [0.29, 0.717) is 17.3 Å². The summed E-state index contributed by atoms with van der Waals surface area (Å²) in [5, 5.41) is 13.7. The fourth-order valence-corrected chi connectivity index (χ4v) is 6.80. The van der Waals surface area contributed by atoms with Crippen molar-refractivity contribution in [3.63, 3.8) is 0 Å². The van der Waals surface area contributed by atoms with Gasteiger partial charge in [0.2, 0.25) is 5.91 Å². The summed E-state index contributed by atoms with van der Waals surface area (Å²) in [4.78, 5) is 14.2. The molecule has 3 nitrogen and oxygen atoms in total. The van der Waals surface area contributed by atoms with Crippen LogP contribution in [0.3, 0.4) is 0 Å². The lowest BCUT2D eigenvalue weighted by atomic mass is 9.69. The van der Waals surface area contributed by atoms with Crippen molar-refractivity contribution < 1.29 is 4.79 Å². The molecule has 3 aliphatic carbocycles. The number of carbonyl (C=O) groups excluding carboxylic acids is 1. The molecule has 0 aromatic carbocycles. The number of carbonyl (C=O) groups is 1. The Morgan fingerprint density at radius 2 is 2.12 bits per heavy atom. The van der Waals surface area contributed by atoms with E-state index in [1.165, 1.54) is 36.1 Å². The van der Waals surface area contributed by atoms with Crippen LogP contribution in [0.4, 0.5) is 5.00 Å². The number of nitriles is 1. The first-order chi connectivity index (χ1) is 12.4. The molecule has 3 aliphatic rings. The first-order valence-electron chi connectivity index (χ1n) is 10.3. The average molecular weight is 371 g/mol. The van der Waals surface area contributed by atoms with Crippen molar-refractivity contribution in [1.29, 1.82) is 5.26 Å². The summed E-state index contributed by atoms with van der Waals surface area (Å²) in [5.74, 6) is 2.35. The van der Waals surface area contributed by atoms with E-state index >= 15 is 0 Å². The van der Waals surface area contributed by atoms with Gasteiger partial charge < -0.3 is 5.32 Å². The van der Waals surface area contributed by atoms with Crippen LogP contribution < -0.4 is 5.32 Å². The van der Waals surface area contributed by atoms with Gasteiger partial charge in [0.05, 0.1) is 5.56 Å². The zero-order valence-electron chi connectivity index (χ0n) is 16.2. The van der Waals surface area contributed by atoms with Crippen LogP contribution in [0, 0.1) is 40.4 Å². The molecule has 1 aromatic heterocycles. The van der Waals surface area contributed by atoms with Gasteiger partial charge in [-0.3, -0.25) is 4.79 Å². The standard InChI is InChI=1S/C22H30N2OS/c1-4-22(2,3)15-7-8-16-18(12-23)21(26-19(16)11-15)24-20(25)17-10-13-5-6-14(17)9-13/h13-15,17H,4-11H2,1-3H3,(H,24,25)/t13-,14-,15-,17-/m1/s1. The van der Waals surface area contributed by atoms with Crippen LogP contribution in [0.1, 0.15) is 75.3 Å². The molecule has 0 unspecified atom stereocenters. The Morgan fingerprint density at radius 3 is 2.73 bits per heavy atom. The molecule has 1 N–H and O–H groups in total. The Hall–Kier alpha value is -1.34. The molecule has 0 radical (unpaired) electrons. The fraction of sp³-hybridized carbons (Fsp3) is 0.727. The molecule has 0 saturated heterocycles. The lowest BCUT2D eigenvalue weighted by molar-refractivity contribution is -0.121. The topological polar surface area (TPSA) is 52.9 Å². The Morgan fingerprint density at radius 1 is 1.31 bits per heavy atom. The molecule has 4 rings (SSSR count). The smallest absolute Gasteiger partial charge is 0.228 e. The highest BCUT2D eigenvalue weighted by molar-refractivity contribution is 7.16. The summed E-state index contributed by atoms with van der Waals surface area (Å²) in [5.41, 5.74) is 2.29. The minimum Gasteiger partial charge on any atom is -0.316 e. The Kier molecular flexibility index (Phi) is 4.63. The molecule has 1 amide bonds. The highest BCUT2D eigenvalue weighted by Gasteiger charge is 2.43. The molecular weight excluding hydrogens is 340 g/mol. The van der Waals surface area contributed by atoms with E-state index in [9.17, 15) is 10.1 Å². The molecule has 2 bridgehead atoms. The van der Waals surface area contributed by atoms with E-state index in [-0.39, 0.29) is 11.8 Å². The van der Waals surface area contributed by atoms with Gasteiger partial charge in [-0.15, -0.1) is 11.3 Å². The molecule has 1 heterocycles. The van der Waals surface area contributed by atoms with Crippen LogP contribution in [-0.4, -0.2) is 5.91 Å². The van der Waals surface area contributed by atoms with Crippen LogP contribution in [-0.2, 0) is 17.6 Å². The van der Waals surface area contributed by atoms with Crippen molar-refractivity contribution in [2.24, 2.45) is 29.1 Å². The quantitative estimate of drug-likeness (QED) is 0.757. The van der Waals surface area contributed by atoms with Gasteiger partial charge in [0, 0.05) is 10.8 Å². The highest BCUT2D eigenvalue weighted by atomic mass is 32.1. The number of hydrogen-bond acceptors (Lipinski definition) is 3. The number of amides is 1. The van der Waals surface area contributed by atoms with Gasteiger partial charge in [0.1, 0.15) is 11.1 Å². The average Bonchev–Trinajstić information content (AvgIpc) is 3.34. The van der Waals surface area contributed by atoms with Gasteiger partial charge in [0.25, 0.3) is 0 Å². The van der Waals surface area contributed by atoms with Crippen LogP contribution >= 0.6 is 11.3 Å². The van der Waals surface area contributed by atoms with Gasteiger partial charge in [-0.1, -0.05) is 33.6 Å². The lowest BCUT2D eigenvalue weighted by Gasteiger charge is -2.36. The number of nitrogens with zero attached hydrogens (tertiary/aromatic N) is 1. The number of anilines is 1. The first kappa shape index (κ1) is 18.0. The molecule has 2 saturated carbocycles. The molecular formula is C22H30N2OS. The van der Waals surface area contributed by atoms with Gasteiger partial charge in [-0.05, 0) is 67.3 Å². The van der Waals surface area contributed by atoms with Crippen molar-refractivity contribution in [2.75, 3.05) is 5.32 Å². The minimum atomic E-state index is 0.165. The van der Waals surface area contributed by atoms with Crippen LogP contribution in [0.5, 0.6) is 0 Å². The summed E-state index contributed by atoms with van der Waals surface area (Å²) in [7, 11) is 0. The van der Waals surface area contributed by atoms with Crippen molar-refractivity contribution in [2.45, 2.75) is 72.1 Å². The molecule has 0 spiro atoms. The first-order valence-corrected chi connectivity index (χ1v) is 11.1. The van der Waals surface area contributed by atoms with Gasteiger partial charge in [-0.25, -0.2) is 0 Å². The number of nitrogens with one attached hydrogen (secondary N) is 1. The van der Waals surface area contributed by atoms with E-state index in [1.54, 1.807) is 11.3 Å². The number of hydrogen-bond donors (Lipinski definition) is 1. The molecule has 4 atom stereocenters. The molecule has 0 aliphatic heterocycles. The Balaban J connectivity index is 1.53. The zero-order chi connectivity index (χ0) is 18.5. The number of fused-ring (bicyclic) bond motifs is 3. The van der Waals surface area contributed by atoms with Crippen molar-refractivity contribution >= 4 is 22.2 Å². The summed E-state index contributed by atoms with van der Waals surface area (Å²) in [6.45, 7) is 6.99. The normalized spacial score (nSPS) is 30.1. The number of rotatable bonds is 4. The van der Waals surface area contributed by atoms with Crippen molar-refractivity contribution in [1.82, 2.24) is 0 Å². The van der Waals surface area contributed by atoms with Crippen LogP contribution in [0.25, 0.3) is 0 Å². The maximum Gasteiger partial charge on any atom is 0.228 e. The molecule has 140 valence electrons. The predicted molar refractivity (Wildman–Crippen MR) is 106 cm³/mol. The van der Waals surface area contributed by atoms with Crippen molar-refractivity contribution in [3.8, 4) is 6.07 Å². The predicted octanol–water partition coefficient (Wildman–Crippen LogP) is 5.54. The lowest BCUT2D eigenvalue weighted by Crippen LogP contribution is -2.28. The second-order valence-electron chi connectivity index (χ2n) is 9.37. The summed E-state index contributed by atoms with van der Waals surface area (Å²) in [6, 6.07) is 2.40. The summed E-state index contributed by atoms with van der Waals surface area (Å²) in [6.07, 6.45) is 9.17. The molecule has 1 aromatic rings. The Bertz CT molecular complexity index is 757. The maximum atomic E-state index is 12.8. The SMILES string of the molecule is CCC(C)(C)[C@@H]1CCc2c(sc(NC(=O)[C@@H]3C[C@@H]4CC[C@@H]3C4)c2C#N)C1. The third-order valence-corrected chi connectivity index (χ3v) is 8.87. The summed E-state index contributed by atoms with van der Waals surface area (Å²) < 4.78 is 0. The van der Waals surface area contributed by atoms with Gasteiger partial charge in [-0.2, -0.15) is 5.26 Å². The maximum absolute atomic E-state index is 12.8. The monoisotopic (exact) mass is 370 g/mol. The van der Waals surface area contributed by atoms with Crippen LogP contribution in [0.15, 0.2) is 0 Å². The molecule has 2 fully saturated rings. The van der Waals surface area contributed by atoms with Crippen LogP contribution in [0.2, 0.25) is 0 Å². The summed E-state index contributed by atoms with van der Waals surface area (Å²) >= 11 is 1.67. The van der Waals surface area contributed by atoms with E-state index in [1.807, 2.05) is 0 Å². The van der Waals surface area contributed by atoms with Crippen molar-refractivity contribution in [3.05, 3.63) is 16.0 Å². The third kappa shape index (κ3) is 2.99. The molecule has 26 heavy (non-hydrogen) atoms. The van der Waals surface area contributed by atoms with E-state index < -0.39 is 0 Å². The minimum absolute atomic E-state index is 0.165. The van der Waals surface area contributed by atoms with E-state index in [2.05, 4.69) is 32.2 Å². The highest BCUT2D eigenvalue weighted by Crippen LogP contribution is 2.49. The fourth-order valence-electron chi connectivity index (χ4n) is 5.52. The zero-order valence-corrected chi connectivity index (χ0v) is 17.0. The number of thiophene rings is 1. The van der Waals surface area contributed by atoms with E-state index in [0.717, 1.165) is 42.2 Å². The van der Waals surface area contributed by atoms with Gasteiger partial charge >= 0.3 is 0 Å². The second-order valence-corrected chi connectivity index (χ2v) is 10.5. The largest absolute Gasteiger partial charge is 0.316 e. The van der Waals surface area contributed by atoms with E-state index in [4.69, 9.17) is 0 Å². The second kappa shape index (κ2) is 6.68. The Labute approximate surface area is 161 Å². The third-order valence-electron chi connectivity index (χ3n) is 7.71. The van der Waals surface area contributed by atoms with Gasteiger partial charge in [0.15, 0.2) is 0 Å². The molecule has 4 heteroatoms.